The normalized spacial score (nSPS) is 13.5. The molecule has 2 unspecified atom stereocenters. The number of anilines is 6. The average Bonchev–Trinajstić information content (AvgIpc) is 3.84. The third kappa shape index (κ3) is 9.50. The second kappa shape index (κ2) is 21.7. The predicted molar refractivity (Wildman–Crippen MR) is 329 cm³/mol. The maximum atomic E-state index is 6.68. The van der Waals surface area contributed by atoms with Gasteiger partial charge < -0.3 is 14.5 Å². The Morgan fingerprint density at radius 2 is 0.861 bits per heavy atom. The first kappa shape index (κ1) is 49.4. The average molecular weight is 1020 g/mol. The van der Waals surface area contributed by atoms with Gasteiger partial charge in [-0.1, -0.05) is 208 Å². The molecule has 3 heteroatoms. The first-order valence-corrected chi connectivity index (χ1v) is 28.2. The van der Waals surface area contributed by atoms with E-state index in [9.17, 15) is 0 Å². The van der Waals surface area contributed by atoms with E-state index in [0.717, 1.165) is 58.3 Å². The van der Waals surface area contributed by atoms with Crippen molar-refractivity contribution in [1.82, 2.24) is 0 Å². The Morgan fingerprint density at radius 3 is 1.33 bits per heavy atom. The summed E-state index contributed by atoms with van der Waals surface area (Å²) in [4.78, 5) is 4.75. The van der Waals surface area contributed by atoms with Gasteiger partial charge in [0.25, 0.3) is 0 Å². The van der Waals surface area contributed by atoms with Crippen LogP contribution in [0.15, 0.2) is 279 Å². The number of para-hydroxylation sites is 4. The van der Waals surface area contributed by atoms with E-state index in [2.05, 4.69) is 303 Å². The highest BCUT2D eigenvalue weighted by atomic mass is 16.5. The summed E-state index contributed by atoms with van der Waals surface area (Å²) in [5.41, 5.74) is 22.7. The van der Waals surface area contributed by atoms with Crippen molar-refractivity contribution in [2.75, 3.05) is 9.80 Å². The molecule has 0 fully saturated rings. The van der Waals surface area contributed by atoms with Crippen LogP contribution in [-0.2, 0) is 24.9 Å². The van der Waals surface area contributed by atoms with Gasteiger partial charge in [0.05, 0.1) is 5.41 Å². The van der Waals surface area contributed by atoms with Crippen LogP contribution < -0.4 is 14.5 Å². The van der Waals surface area contributed by atoms with E-state index in [0.29, 0.717) is 18.4 Å². The van der Waals surface area contributed by atoms with Crippen LogP contribution >= 0.6 is 0 Å². The molecule has 0 saturated carbocycles. The van der Waals surface area contributed by atoms with Crippen LogP contribution in [0.25, 0.3) is 22.3 Å². The number of hydrogen-bond donors (Lipinski definition) is 0. The Balaban J connectivity index is 0.830. The Hall–Kier alpha value is -9.18. The lowest BCUT2D eigenvalue weighted by molar-refractivity contribution is 0.306. The zero-order chi connectivity index (χ0) is 53.1. The van der Waals surface area contributed by atoms with Crippen LogP contribution in [0.4, 0.5) is 34.1 Å². The van der Waals surface area contributed by atoms with Crippen molar-refractivity contribution in [2.24, 2.45) is 0 Å². The van der Waals surface area contributed by atoms with E-state index in [-0.39, 0.29) is 0 Å². The van der Waals surface area contributed by atoms with E-state index < -0.39 is 5.41 Å². The molecule has 0 N–H and O–H groups in total. The molecule has 2 aliphatic rings. The summed E-state index contributed by atoms with van der Waals surface area (Å²) in [6, 6.07) is 103. The Bertz CT molecular complexity index is 3630. The minimum Gasteiger partial charge on any atom is -0.489 e. The van der Waals surface area contributed by atoms with Crippen molar-refractivity contribution in [3.63, 3.8) is 0 Å². The van der Waals surface area contributed by atoms with E-state index in [1.54, 1.807) is 0 Å². The van der Waals surface area contributed by atoms with Crippen molar-refractivity contribution in [3.8, 4) is 28.0 Å². The molecule has 0 heterocycles. The first-order chi connectivity index (χ1) is 39.0. The van der Waals surface area contributed by atoms with Crippen LogP contribution in [0.3, 0.4) is 0 Å². The molecule has 0 saturated heterocycles. The predicted octanol–water partition coefficient (Wildman–Crippen LogP) is 20.0. The summed E-state index contributed by atoms with van der Waals surface area (Å²) in [5, 5.41) is 0. The van der Waals surface area contributed by atoms with Crippen LogP contribution in [0.1, 0.15) is 88.6 Å². The van der Waals surface area contributed by atoms with E-state index in [1.165, 1.54) is 79.6 Å². The Morgan fingerprint density at radius 1 is 0.405 bits per heavy atom. The number of benzene rings is 11. The highest BCUT2D eigenvalue weighted by Gasteiger charge is 2.47. The molecule has 0 spiro atoms. The minimum atomic E-state index is -0.705. The maximum absolute atomic E-state index is 6.68. The second-order valence-corrected chi connectivity index (χ2v) is 21.5. The molecule has 0 bridgehead atoms. The number of aryl methyl sites for hydroxylation is 2. The second-order valence-electron chi connectivity index (χ2n) is 21.5. The lowest BCUT2D eigenvalue weighted by Gasteiger charge is -2.35. The molecular weight excluding hydrogens is 957 g/mol. The number of ether oxygens (including phenoxy) is 1. The summed E-state index contributed by atoms with van der Waals surface area (Å²) < 4.78 is 6.68. The third-order valence-electron chi connectivity index (χ3n) is 16.8. The minimum absolute atomic E-state index is 0.453. The zero-order valence-electron chi connectivity index (χ0n) is 45.1. The molecule has 2 atom stereocenters. The largest absolute Gasteiger partial charge is 0.489 e. The van der Waals surface area contributed by atoms with E-state index in [1.807, 2.05) is 0 Å². The van der Waals surface area contributed by atoms with Crippen molar-refractivity contribution < 1.29 is 4.74 Å². The summed E-state index contributed by atoms with van der Waals surface area (Å²) in [5.74, 6) is 1.76. The maximum Gasteiger partial charge on any atom is 0.119 e. The van der Waals surface area contributed by atoms with Gasteiger partial charge in [0, 0.05) is 34.1 Å². The van der Waals surface area contributed by atoms with E-state index >= 15 is 0 Å². The summed E-state index contributed by atoms with van der Waals surface area (Å²) in [6.07, 6.45) is 4.63. The van der Waals surface area contributed by atoms with Gasteiger partial charge in [-0.2, -0.15) is 0 Å². The summed E-state index contributed by atoms with van der Waals surface area (Å²) >= 11 is 0. The van der Waals surface area contributed by atoms with Crippen molar-refractivity contribution >= 4 is 34.1 Å². The van der Waals surface area contributed by atoms with Gasteiger partial charge in [-0.3, -0.25) is 0 Å². The summed E-state index contributed by atoms with van der Waals surface area (Å²) in [7, 11) is 0. The Labute approximate surface area is 466 Å². The molecule has 13 rings (SSSR count). The quantitative estimate of drug-likeness (QED) is 0.0904. The van der Waals surface area contributed by atoms with Gasteiger partial charge in [0.2, 0.25) is 0 Å². The van der Waals surface area contributed by atoms with Crippen molar-refractivity contribution in [3.05, 3.63) is 329 Å². The fourth-order valence-corrected chi connectivity index (χ4v) is 12.6. The van der Waals surface area contributed by atoms with Crippen LogP contribution in [0, 0.1) is 0 Å². The number of rotatable bonds is 17. The van der Waals surface area contributed by atoms with Crippen LogP contribution in [0.2, 0.25) is 0 Å². The van der Waals surface area contributed by atoms with Crippen LogP contribution in [-0.4, -0.2) is 0 Å². The smallest absolute Gasteiger partial charge is 0.119 e. The highest BCUT2D eigenvalue weighted by Crippen LogP contribution is 2.58. The van der Waals surface area contributed by atoms with Crippen LogP contribution in [0.5, 0.6) is 5.75 Å². The molecule has 0 aliphatic heterocycles. The van der Waals surface area contributed by atoms with Gasteiger partial charge in [-0.15, -0.1) is 0 Å². The van der Waals surface area contributed by atoms with E-state index in [4.69, 9.17) is 4.74 Å². The molecule has 0 amide bonds. The molecule has 384 valence electrons. The van der Waals surface area contributed by atoms with Gasteiger partial charge >= 0.3 is 0 Å². The standard InChI is InChI=1S/C76H64N2O/c1-3-56(49-54(2)57-33-35-59(36-34-57)61-39-37-60-38-40-62(60)50-61)58-31-29-55(30-32-58)53-79-71-45-41-64(42-46-71)76(63-19-9-4-10-20-63)74-51-69(77(65-21-11-5-12-22-65)66-23-13-6-14-24-66)43-47-72(74)73-48-44-70(52-75(73)76)78(67-25-15-7-16-26-67)68-27-17-8-18-28-68/h4-37,39,41-48,50-52,54,56H,3,38,40,49,53H2,1-2H3. The molecule has 11 aromatic carbocycles. The number of hydrogen-bond acceptors (Lipinski definition) is 3. The highest BCUT2D eigenvalue weighted by molar-refractivity contribution is 5.92. The van der Waals surface area contributed by atoms with Gasteiger partial charge in [-0.25, -0.2) is 0 Å². The third-order valence-corrected chi connectivity index (χ3v) is 16.8. The van der Waals surface area contributed by atoms with Gasteiger partial charge in [0.15, 0.2) is 0 Å². The Kier molecular flexibility index (Phi) is 13.6. The molecule has 79 heavy (non-hydrogen) atoms. The monoisotopic (exact) mass is 1020 g/mol. The SMILES string of the molecule is CCC(CC(C)c1ccc(-c2ccc3c(c2)CC3)cc1)c1ccc(COc2ccc(C3(c4ccccc4)c4cc(N(c5ccccc5)c5ccccc5)ccc4-c4ccc(N(c5ccccc5)c5ccccc5)cc43)cc2)cc1. The summed E-state index contributed by atoms with van der Waals surface area (Å²) in [6.45, 7) is 5.19. The molecule has 2 aliphatic carbocycles. The topological polar surface area (TPSA) is 15.7 Å². The van der Waals surface area contributed by atoms with Crippen molar-refractivity contribution in [2.45, 2.75) is 63.4 Å². The number of fused-ring (bicyclic) bond motifs is 4. The lowest BCUT2D eigenvalue weighted by Crippen LogP contribution is -2.29. The van der Waals surface area contributed by atoms with Gasteiger partial charge in [0.1, 0.15) is 12.4 Å². The van der Waals surface area contributed by atoms with Gasteiger partial charge in [-0.05, 0) is 195 Å². The molecule has 11 aromatic rings. The lowest BCUT2D eigenvalue weighted by atomic mass is 9.67. The zero-order valence-corrected chi connectivity index (χ0v) is 45.1. The fourth-order valence-electron chi connectivity index (χ4n) is 12.6. The van der Waals surface area contributed by atoms with Crippen molar-refractivity contribution in [1.29, 1.82) is 0 Å². The number of nitrogens with zero attached hydrogens (tertiary/aromatic N) is 2. The fraction of sp³-hybridized carbons (Fsp3) is 0.132. The molecule has 3 nitrogen and oxygen atoms in total. The molecular formula is C76H64N2O. The molecule has 0 aromatic heterocycles. The molecule has 0 radical (unpaired) electrons. The first-order valence-electron chi connectivity index (χ1n) is 28.2.